The van der Waals surface area contributed by atoms with Crippen molar-refractivity contribution in [1.29, 1.82) is 0 Å². The van der Waals surface area contributed by atoms with E-state index in [1.54, 1.807) is 0 Å². The maximum absolute atomic E-state index is 6.19. The molecule has 18 heavy (non-hydrogen) atoms. The number of aromatic nitrogens is 3. The number of nitrogens with zero attached hydrogens (tertiary/aromatic N) is 3. The van der Waals surface area contributed by atoms with Crippen LogP contribution < -0.4 is 5.73 Å². The lowest BCUT2D eigenvalue weighted by molar-refractivity contribution is 0.512. The van der Waals surface area contributed by atoms with E-state index < -0.39 is 0 Å². The molecule has 1 unspecified atom stereocenters. The lowest BCUT2D eigenvalue weighted by Crippen LogP contribution is -2.19. The summed E-state index contributed by atoms with van der Waals surface area (Å²) in [5, 5.41) is 0. The van der Waals surface area contributed by atoms with Gasteiger partial charge in [-0.25, -0.2) is 4.98 Å². The highest BCUT2D eigenvalue weighted by molar-refractivity contribution is 5.32. The van der Waals surface area contributed by atoms with Crippen LogP contribution in [0.4, 0.5) is 0 Å². The van der Waals surface area contributed by atoms with E-state index in [2.05, 4.69) is 27.1 Å². The summed E-state index contributed by atoms with van der Waals surface area (Å²) in [5.41, 5.74) is 10.3. The quantitative estimate of drug-likeness (QED) is 0.898. The zero-order chi connectivity index (χ0) is 12.5. The predicted molar refractivity (Wildman–Crippen MR) is 71.3 cm³/mol. The number of aryl methyl sites for hydroxylation is 2. The molecule has 0 aliphatic heterocycles. The van der Waals surface area contributed by atoms with Gasteiger partial charge in [0, 0.05) is 42.9 Å². The summed E-state index contributed by atoms with van der Waals surface area (Å²) in [6, 6.07) is 2.51. The van der Waals surface area contributed by atoms with Crippen molar-refractivity contribution in [2.45, 2.75) is 45.3 Å². The van der Waals surface area contributed by atoms with Gasteiger partial charge in [-0.3, -0.25) is 0 Å². The van der Waals surface area contributed by atoms with Crippen molar-refractivity contribution >= 4 is 0 Å². The van der Waals surface area contributed by atoms with Crippen LogP contribution in [0.2, 0.25) is 0 Å². The Balaban J connectivity index is 1.83. The van der Waals surface area contributed by atoms with Crippen molar-refractivity contribution in [2.24, 2.45) is 5.73 Å². The summed E-state index contributed by atoms with van der Waals surface area (Å²) in [7, 11) is 0. The van der Waals surface area contributed by atoms with E-state index in [0.717, 1.165) is 19.5 Å². The summed E-state index contributed by atoms with van der Waals surface area (Å²) in [4.78, 5) is 4.08. The monoisotopic (exact) mass is 244 g/mol. The van der Waals surface area contributed by atoms with Crippen molar-refractivity contribution < 1.29 is 0 Å². The molecule has 0 spiro atoms. The summed E-state index contributed by atoms with van der Waals surface area (Å²) in [5.74, 6) is 0. The van der Waals surface area contributed by atoms with E-state index in [-0.39, 0.29) is 6.04 Å². The van der Waals surface area contributed by atoms with Crippen molar-refractivity contribution in [3.05, 3.63) is 41.7 Å². The molecule has 1 aliphatic rings. The van der Waals surface area contributed by atoms with E-state index in [1.165, 1.54) is 29.8 Å². The number of fused-ring (bicyclic) bond motifs is 1. The van der Waals surface area contributed by atoms with Gasteiger partial charge in [-0.1, -0.05) is 0 Å². The summed E-state index contributed by atoms with van der Waals surface area (Å²) >= 11 is 0. The van der Waals surface area contributed by atoms with Crippen LogP contribution in [0.3, 0.4) is 0 Å². The Kier molecular flexibility index (Phi) is 2.96. The standard InChI is InChI=1S/C14H20N4/c1-11-9-12-13(15)3-2-4-14(12)18(11)8-7-17-6-5-16-10-17/h5-6,9-10,13H,2-4,7-8,15H2,1H3. The third-order valence-corrected chi connectivity index (χ3v) is 3.92. The summed E-state index contributed by atoms with van der Waals surface area (Å²) in [6.07, 6.45) is 9.21. The second kappa shape index (κ2) is 4.61. The van der Waals surface area contributed by atoms with Crippen LogP contribution in [0.5, 0.6) is 0 Å². The SMILES string of the molecule is Cc1cc2c(n1CCn1ccnc1)CCCC2N. The highest BCUT2D eigenvalue weighted by Crippen LogP contribution is 2.30. The topological polar surface area (TPSA) is 48.8 Å². The molecular formula is C14H20N4. The first-order chi connectivity index (χ1) is 8.75. The van der Waals surface area contributed by atoms with Crippen LogP contribution in [0.1, 0.15) is 35.8 Å². The molecule has 4 heteroatoms. The average Bonchev–Trinajstić information content (AvgIpc) is 2.95. The molecule has 2 heterocycles. The first-order valence-corrected chi connectivity index (χ1v) is 6.66. The molecule has 0 bridgehead atoms. The van der Waals surface area contributed by atoms with E-state index in [1.807, 2.05) is 18.7 Å². The van der Waals surface area contributed by atoms with Gasteiger partial charge in [-0.15, -0.1) is 0 Å². The first kappa shape index (κ1) is 11.5. The minimum absolute atomic E-state index is 0.238. The summed E-state index contributed by atoms with van der Waals surface area (Å²) < 4.78 is 4.54. The zero-order valence-electron chi connectivity index (χ0n) is 10.8. The second-order valence-corrected chi connectivity index (χ2v) is 5.14. The molecule has 4 nitrogen and oxygen atoms in total. The van der Waals surface area contributed by atoms with Gasteiger partial charge in [0.25, 0.3) is 0 Å². The Morgan fingerprint density at radius 3 is 3.11 bits per heavy atom. The van der Waals surface area contributed by atoms with Crippen molar-refractivity contribution in [2.75, 3.05) is 0 Å². The Morgan fingerprint density at radius 1 is 1.44 bits per heavy atom. The van der Waals surface area contributed by atoms with E-state index in [4.69, 9.17) is 5.73 Å². The maximum Gasteiger partial charge on any atom is 0.0946 e. The number of imidazole rings is 1. The number of rotatable bonds is 3. The third kappa shape index (κ3) is 1.97. The van der Waals surface area contributed by atoms with Gasteiger partial charge in [-0.2, -0.15) is 0 Å². The first-order valence-electron chi connectivity index (χ1n) is 6.66. The van der Waals surface area contributed by atoms with Gasteiger partial charge in [-0.05, 0) is 37.8 Å². The minimum Gasteiger partial charge on any atom is -0.347 e. The largest absolute Gasteiger partial charge is 0.347 e. The molecule has 0 radical (unpaired) electrons. The fourth-order valence-corrected chi connectivity index (χ4v) is 2.95. The Morgan fingerprint density at radius 2 is 2.33 bits per heavy atom. The van der Waals surface area contributed by atoms with Gasteiger partial charge >= 0.3 is 0 Å². The molecule has 2 N–H and O–H groups in total. The van der Waals surface area contributed by atoms with Gasteiger partial charge in [0.1, 0.15) is 0 Å². The van der Waals surface area contributed by atoms with Crippen molar-refractivity contribution in [3.8, 4) is 0 Å². The Bertz CT molecular complexity index is 524. The van der Waals surface area contributed by atoms with Crippen molar-refractivity contribution in [1.82, 2.24) is 14.1 Å². The van der Waals surface area contributed by atoms with Crippen LogP contribution in [-0.2, 0) is 19.5 Å². The van der Waals surface area contributed by atoms with Gasteiger partial charge < -0.3 is 14.9 Å². The second-order valence-electron chi connectivity index (χ2n) is 5.14. The normalized spacial score (nSPS) is 18.9. The minimum atomic E-state index is 0.238. The maximum atomic E-state index is 6.19. The molecule has 0 amide bonds. The molecular weight excluding hydrogens is 224 g/mol. The molecule has 0 aromatic carbocycles. The van der Waals surface area contributed by atoms with Crippen LogP contribution in [0, 0.1) is 6.92 Å². The smallest absolute Gasteiger partial charge is 0.0946 e. The van der Waals surface area contributed by atoms with Gasteiger partial charge in [0.2, 0.25) is 0 Å². The molecule has 0 saturated carbocycles. The van der Waals surface area contributed by atoms with Gasteiger partial charge in [0.05, 0.1) is 6.33 Å². The molecule has 1 aliphatic carbocycles. The molecule has 96 valence electrons. The van der Waals surface area contributed by atoms with Crippen LogP contribution in [0.15, 0.2) is 24.8 Å². The lowest BCUT2D eigenvalue weighted by Gasteiger charge is -2.21. The number of hydrogen-bond donors (Lipinski definition) is 1. The highest BCUT2D eigenvalue weighted by Gasteiger charge is 2.21. The summed E-state index contributed by atoms with van der Waals surface area (Å²) in [6.45, 7) is 4.15. The van der Waals surface area contributed by atoms with Gasteiger partial charge in [0.15, 0.2) is 0 Å². The fraction of sp³-hybridized carbons (Fsp3) is 0.500. The molecule has 2 aromatic heterocycles. The number of nitrogens with two attached hydrogens (primary N) is 1. The van der Waals surface area contributed by atoms with Crippen molar-refractivity contribution in [3.63, 3.8) is 0 Å². The third-order valence-electron chi connectivity index (χ3n) is 3.92. The number of hydrogen-bond acceptors (Lipinski definition) is 2. The molecule has 0 saturated heterocycles. The van der Waals surface area contributed by atoms with E-state index in [9.17, 15) is 0 Å². The van der Waals surface area contributed by atoms with E-state index in [0.29, 0.717) is 0 Å². The lowest BCUT2D eigenvalue weighted by atomic mass is 9.93. The molecule has 3 rings (SSSR count). The molecule has 1 atom stereocenters. The van der Waals surface area contributed by atoms with Crippen LogP contribution in [-0.4, -0.2) is 14.1 Å². The molecule has 0 fully saturated rings. The van der Waals surface area contributed by atoms with Crippen LogP contribution >= 0.6 is 0 Å². The fourth-order valence-electron chi connectivity index (χ4n) is 2.95. The van der Waals surface area contributed by atoms with Crippen LogP contribution in [0.25, 0.3) is 0 Å². The Labute approximate surface area is 107 Å². The molecule has 2 aromatic rings. The predicted octanol–water partition coefficient (Wildman–Crippen LogP) is 2.03. The Hall–Kier alpha value is -1.55. The van der Waals surface area contributed by atoms with E-state index >= 15 is 0 Å². The highest BCUT2D eigenvalue weighted by atomic mass is 15.1. The average molecular weight is 244 g/mol. The zero-order valence-corrected chi connectivity index (χ0v) is 10.8.